The van der Waals surface area contributed by atoms with Crippen LogP contribution < -0.4 is 0 Å². The third kappa shape index (κ3) is 3.43. The van der Waals surface area contributed by atoms with Crippen LogP contribution >= 0.6 is 11.6 Å². The Hall–Kier alpha value is -3.95. The summed E-state index contributed by atoms with van der Waals surface area (Å²) in [7, 11) is 0. The molecule has 4 heteroatoms. The lowest BCUT2D eigenvalue weighted by Crippen LogP contribution is -1.89. The van der Waals surface area contributed by atoms with Gasteiger partial charge in [0.1, 0.15) is 0 Å². The Balaban J connectivity index is 1.39. The van der Waals surface area contributed by atoms with Crippen LogP contribution in [0.25, 0.3) is 50.1 Å². The van der Waals surface area contributed by atoms with Crippen LogP contribution in [0.1, 0.15) is 0 Å². The van der Waals surface area contributed by atoms with E-state index in [1.807, 2.05) is 65.3 Å². The van der Waals surface area contributed by atoms with E-state index in [0.717, 1.165) is 43.9 Å². The predicted molar refractivity (Wildman–Crippen MR) is 132 cm³/mol. The summed E-state index contributed by atoms with van der Waals surface area (Å²) < 4.78 is 1.85. The Kier molecular flexibility index (Phi) is 4.48. The van der Waals surface area contributed by atoms with E-state index in [9.17, 15) is 0 Å². The molecule has 0 saturated heterocycles. The first-order valence-corrected chi connectivity index (χ1v) is 10.8. The van der Waals surface area contributed by atoms with Crippen molar-refractivity contribution < 1.29 is 0 Å². The molecule has 0 aliphatic heterocycles. The van der Waals surface area contributed by atoms with E-state index in [4.69, 9.17) is 21.7 Å². The van der Waals surface area contributed by atoms with Gasteiger partial charge in [-0.1, -0.05) is 78.3 Å². The summed E-state index contributed by atoms with van der Waals surface area (Å²) in [6.07, 6.45) is 2.03. The van der Waals surface area contributed by atoms with Gasteiger partial charge in [-0.25, -0.2) is 9.50 Å². The molecule has 0 N–H and O–H groups in total. The second kappa shape index (κ2) is 7.63. The lowest BCUT2D eigenvalue weighted by Gasteiger charge is -2.06. The third-order valence-electron chi connectivity index (χ3n) is 5.69. The summed E-state index contributed by atoms with van der Waals surface area (Å²) in [6, 6.07) is 35.1. The quantitative estimate of drug-likeness (QED) is 0.289. The molecular weight excluding hydrogens is 414 g/mol. The van der Waals surface area contributed by atoms with E-state index in [-0.39, 0.29) is 0 Å². The Bertz CT molecular complexity index is 1590. The molecule has 0 unspecified atom stereocenters. The predicted octanol–water partition coefficient (Wildman–Crippen LogP) is 7.54. The summed E-state index contributed by atoms with van der Waals surface area (Å²) in [5.41, 5.74) is 6.33. The van der Waals surface area contributed by atoms with Crippen molar-refractivity contribution in [2.75, 3.05) is 0 Å². The monoisotopic (exact) mass is 431 g/mol. The van der Waals surface area contributed by atoms with Crippen LogP contribution in [0.5, 0.6) is 0 Å². The van der Waals surface area contributed by atoms with Crippen LogP contribution in [-0.4, -0.2) is 14.6 Å². The second-order valence-electron chi connectivity index (χ2n) is 7.81. The Morgan fingerprint density at radius 3 is 2.22 bits per heavy atom. The van der Waals surface area contributed by atoms with Crippen LogP contribution in [0.15, 0.2) is 109 Å². The maximum absolute atomic E-state index is 6.19. The number of rotatable bonds is 3. The summed E-state index contributed by atoms with van der Waals surface area (Å²) >= 11 is 6.19. The molecule has 2 aromatic heterocycles. The van der Waals surface area contributed by atoms with Gasteiger partial charge in [0.05, 0.1) is 0 Å². The molecule has 0 saturated carbocycles. The molecule has 6 rings (SSSR count). The van der Waals surface area contributed by atoms with Gasteiger partial charge in [-0.05, 0) is 63.9 Å². The molecular formula is C28H18ClN3. The van der Waals surface area contributed by atoms with Crippen molar-refractivity contribution in [2.45, 2.75) is 0 Å². The topological polar surface area (TPSA) is 30.2 Å². The summed E-state index contributed by atoms with van der Waals surface area (Å²) in [5.74, 6) is 0.709. The first kappa shape index (κ1) is 18.8. The zero-order valence-electron chi connectivity index (χ0n) is 17.1. The van der Waals surface area contributed by atoms with E-state index in [1.54, 1.807) is 0 Å². The van der Waals surface area contributed by atoms with Crippen molar-refractivity contribution in [3.63, 3.8) is 0 Å². The number of hydrogen-bond acceptors (Lipinski definition) is 2. The van der Waals surface area contributed by atoms with Gasteiger partial charge in [-0.3, -0.25) is 0 Å². The minimum absolute atomic E-state index is 0.709. The molecule has 32 heavy (non-hydrogen) atoms. The third-order valence-corrected chi connectivity index (χ3v) is 5.93. The first-order chi connectivity index (χ1) is 15.7. The lowest BCUT2D eigenvalue weighted by atomic mass is 9.99. The Morgan fingerprint density at radius 1 is 0.562 bits per heavy atom. The molecule has 6 aromatic rings. The van der Waals surface area contributed by atoms with E-state index in [2.05, 4.69) is 48.5 Å². The van der Waals surface area contributed by atoms with Crippen LogP contribution in [0.4, 0.5) is 0 Å². The zero-order chi connectivity index (χ0) is 21.5. The Labute approximate surface area is 190 Å². The number of hydrogen-bond donors (Lipinski definition) is 0. The number of aromatic nitrogens is 3. The molecule has 3 nitrogen and oxygen atoms in total. The van der Waals surface area contributed by atoms with Crippen LogP contribution in [0, 0.1) is 0 Å². The highest BCUT2D eigenvalue weighted by atomic mass is 35.5. The number of halogens is 1. The van der Waals surface area contributed by atoms with Crippen molar-refractivity contribution in [3.8, 4) is 33.6 Å². The van der Waals surface area contributed by atoms with Crippen molar-refractivity contribution in [3.05, 3.63) is 114 Å². The van der Waals surface area contributed by atoms with Gasteiger partial charge in [0.15, 0.2) is 11.5 Å². The van der Waals surface area contributed by atoms with E-state index in [0.29, 0.717) is 5.82 Å². The number of pyridine rings is 1. The van der Waals surface area contributed by atoms with Crippen LogP contribution in [-0.2, 0) is 0 Å². The molecule has 0 aliphatic carbocycles. The maximum atomic E-state index is 6.19. The largest absolute Gasteiger partial charge is 0.220 e. The highest BCUT2D eigenvalue weighted by Gasteiger charge is 2.09. The van der Waals surface area contributed by atoms with E-state index < -0.39 is 0 Å². The standard InChI is InChI=1S/C28H18ClN3/c29-26-13-11-20-9-10-22(16-25(20)17-26)21-7-4-8-23(15-21)28-30-27-14-12-24(18-32(27)31-28)19-5-2-1-3-6-19/h1-18H. The average Bonchev–Trinajstić information content (AvgIpc) is 3.28. The minimum Gasteiger partial charge on any atom is -0.220 e. The SMILES string of the molecule is Clc1ccc2ccc(-c3cccc(-c4nc5ccc(-c6ccccc6)cn5n4)c3)cc2c1. The second-order valence-corrected chi connectivity index (χ2v) is 8.25. The molecule has 2 heterocycles. The minimum atomic E-state index is 0.709. The van der Waals surface area contributed by atoms with Gasteiger partial charge in [0.2, 0.25) is 0 Å². The summed E-state index contributed by atoms with van der Waals surface area (Å²) in [6.45, 7) is 0. The molecule has 0 atom stereocenters. The fraction of sp³-hybridized carbons (Fsp3) is 0. The van der Waals surface area contributed by atoms with Gasteiger partial charge < -0.3 is 0 Å². The van der Waals surface area contributed by atoms with Gasteiger partial charge in [-0.2, -0.15) is 0 Å². The van der Waals surface area contributed by atoms with Crippen molar-refractivity contribution in [1.29, 1.82) is 0 Å². The smallest absolute Gasteiger partial charge is 0.182 e. The fourth-order valence-corrected chi connectivity index (χ4v) is 4.22. The van der Waals surface area contributed by atoms with Crippen molar-refractivity contribution >= 4 is 28.0 Å². The first-order valence-electron chi connectivity index (χ1n) is 10.4. The molecule has 0 aliphatic rings. The lowest BCUT2D eigenvalue weighted by molar-refractivity contribution is 0.967. The highest BCUT2D eigenvalue weighted by molar-refractivity contribution is 6.31. The number of nitrogens with zero attached hydrogens (tertiary/aromatic N) is 3. The van der Waals surface area contributed by atoms with Crippen molar-refractivity contribution in [2.24, 2.45) is 0 Å². The highest BCUT2D eigenvalue weighted by Crippen LogP contribution is 2.29. The molecule has 4 aromatic carbocycles. The fourth-order valence-electron chi connectivity index (χ4n) is 4.04. The zero-order valence-corrected chi connectivity index (χ0v) is 17.9. The number of fused-ring (bicyclic) bond motifs is 2. The number of benzene rings is 4. The van der Waals surface area contributed by atoms with Gasteiger partial charge >= 0.3 is 0 Å². The normalized spacial score (nSPS) is 11.3. The molecule has 0 amide bonds. The molecule has 152 valence electrons. The van der Waals surface area contributed by atoms with Crippen LogP contribution in [0.2, 0.25) is 5.02 Å². The molecule has 0 bridgehead atoms. The summed E-state index contributed by atoms with van der Waals surface area (Å²) in [5, 5.41) is 7.79. The maximum Gasteiger partial charge on any atom is 0.182 e. The van der Waals surface area contributed by atoms with Gasteiger partial charge in [-0.15, -0.1) is 5.10 Å². The van der Waals surface area contributed by atoms with Gasteiger partial charge in [0.25, 0.3) is 0 Å². The van der Waals surface area contributed by atoms with Crippen LogP contribution in [0.3, 0.4) is 0 Å². The van der Waals surface area contributed by atoms with E-state index in [1.165, 1.54) is 5.39 Å². The molecule has 0 spiro atoms. The van der Waals surface area contributed by atoms with E-state index >= 15 is 0 Å². The molecule has 0 radical (unpaired) electrons. The molecule has 0 fully saturated rings. The van der Waals surface area contributed by atoms with Crippen molar-refractivity contribution in [1.82, 2.24) is 14.6 Å². The Morgan fingerprint density at radius 2 is 1.31 bits per heavy atom. The average molecular weight is 432 g/mol. The summed E-state index contributed by atoms with van der Waals surface area (Å²) in [4.78, 5) is 4.75. The van der Waals surface area contributed by atoms with Gasteiger partial charge in [0, 0.05) is 22.3 Å².